The zero-order chi connectivity index (χ0) is 19.5. The second-order valence-corrected chi connectivity index (χ2v) is 7.57. The molecule has 0 aliphatic carbocycles. The minimum Gasteiger partial charge on any atom is -0.463 e. The highest BCUT2D eigenvalue weighted by molar-refractivity contribution is 9.10. The SMILES string of the molecule is O=C(Nc1ccc(Br)cc1F)C1CCCN(c2ccc(-c3ccco3)nn2)C1. The zero-order valence-electron chi connectivity index (χ0n) is 14.9. The molecular formula is C20H18BrFN4O2. The van der Waals surface area contributed by atoms with E-state index in [-0.39, 0.29) is 17.5 Å². The summed E-state index contributed by atoms with van der Waals surface area (Å²) in [4.78, 5) is 14.7. The van der Waals surface area contributed by atoms with Crippen molar-refractivity contribution in [3.05, 3.63) is 59.0 Å². The van der Waals surface area contributed by atoms with Crippen molar-refractivity contribution in [1.82, 2.24) is 10.2 Å². The van der Waals surface area contributed by atoms with E-state index in [2.05, 4.69) is 31.4 Å². The van der Waals surface area contributed by atoms with Gasteiger partial charge in [-0.15, -0.1) is 10.2 Å². The summed E-state index contributed by atoms with van der Waals surface area (Å²) in [6.45, 7) is 1.31. The smallest absolute Gasteiger partial charge is 0.229 e. The van der Waals surface area contributed by atoms with Gasteiger partial charge in [0.05, 0.1) is 17.9 Å². The van der Waals surface area contributed by atoms with Crippen molar-refractivity contribution < 1.29 is 13.6 Å². The predicted molar refractivity (Wildman–Crippen MR) is 107 cm³/mol. The first-order valence-corrected chi connectivity index (χ1v) is 9.78. The van der Waals surface area contributed by atoms with Gasteiger partial charge in [0.25, 0.3) is 0 Å². The van der Waals surface area contributed by atoms with Crippen LogP contribution < -0.4 is 10.2 Å². The molecular weight excluding hydrogens is 427 g/mol. The number of hydrogen-bond acceptors (Lipinski definition) is 5. The molecule has 0 saturated carbocycles. The van der Waals surface area contributed by atoms with Crippen LogP contribution in [0.25, 0.3) is 11.5 Å². The van der Waals surface area contributed by atoms with Crippen LogP contribution in [0.4, 0.5) is 15.9 Å². The second kappa shape index (κ2) is 8.10. The average molecular weight is 445 g/mol. The highest BCUT2D eigenvalue weighted by Crippen LogP contribution is 2.25. The van der Waals surface area contributed by atoms with Gasteiger partial charge in [0.15, 0.2) is 11.6 Å². The van der Waals surface area contributed by atoms with E-state index in [4.69, 9.17) is 4.42 Å². The van der Waals surface area contributed by atoms with E-state index < -0.39 is 5.82 Å². The average Bonchev–Trinajstić information content (AvgIpc) is 3.25. The summed E-state index contributed by atoms with van der Waals surface area (Å²) in [6.07, 6.45) is 3.19. The number of benzene rings is 1. The summed E-state index contributed by atoms with van der Waals surface area (Å²) in [5.74, 6) is 0.471. The first-order chi connectivity index (χ1) is 13.6. The fourth-order valence-corrected chi connectivity index (χ4v) is 3.61. The van der Waals surface area contributed by atoms with Crippen LogP contribution in [-0.2, 0) is 4.79 Å². The number of piperidine rings is 1. The largest absolute Gasteiger partial charge is 0.463 e. The molecule has 4 rings (SSSR count). The zero-order valence-corrected chi connectivity index (χ0v) is 16.5. The number of hydrogen-bond donors (Lipinski definition) is 1. The van der Waals surface area contributed by atoms with Crippen molar-refractivity contribution in [3.8, 4) is 11.5 Å². The first-order valence-electron chi connectivity index (χ1n) is 8.98. The van der Waals surface area contributed by atoms with Crippen LogP contribution in [0, 0.1) is 11.7 Å². The Kier molecular flexibility index (Phi) is 5.38. The molecule has 0 spiro atoms. The minimum atomic E-state index is -0.463. The van der Waals surface area contributed by atoms with Gasteiger partial charge in [0.2, 0.25) is 5.91 Å². The van der Waals surface area contributed by atoms with E-state index in [0.717, 1.165) is 19.4 Å². The van der Waals surface area contributed by atoms with Crippen LogP contribution in [-0.4, -0.2) is 29.2 Å². The summed E-state index contributed by atoms with van der Waals surface area (Å²) in [6, 6.07) is 11.9. The van der Waals surface area contributed by atoms with Gasteiger partial charge in [-0.3, -0.25) is 4.79 Å². The Morgan fingerprint density at radius 3 is 2.86 bits per heavy atom. The maximum atomic E-state index is 14.0. The molecule has 8 heteroatoms. The van der Waals surface area contributed by atoms with E-state index >= 15 is 0 Å². The van der Waals surface area contributed by atoms with Gasteiger partial charge in [-0.25, -0.2) is 4.39 Å². The minimum absolute atomic E-state index is 0.188. The van der Waals surface area contributed by atoms with E-state index in [1.165, 1.54) is 6.07 Å². The molecule has 1 N–H and O–H groups in total. The molecule has 3 heterocycles. The number of rotatable bonds is 4. The Labute approximate surface area is 169 Å². The number of amides is 1. The summed E-state index contributed by atoms with van der Waals surface area (Å²) in [5.41, 5.74) is 0.846. The Hall–Kier alpha value is -2.74. The van der Waals surface area contributed by atoms with Crippen molar-refractivity contribution in [1.29, 1.82) is 0 Å². The van der Waals surface area contributed by atoms with Crippen molar-refractivity contribution >= 4 is 33.3 Å². The molecule has 1 fully saturated rings. The molecule has 1 atom stereocenters. The van der Waals surface area contributed by atoms with Crippen molar-refractivity contribution in [3.63, 3.8) is 0 Å². The monoisotopic (exact) mass is 444 g/mol. The van der Waals surface area contributed by atoms with Gasteiger partial charge in [0.1, 0.15) is 11.5 Å². The van der Waals surface area contributed by atoms with Crippen LogP contribution in [0.15, 0.2) is 57.6 Å². The molecule has 3 aromatic rings. The number of halogens is 2. The number of nitrogens with zero attached hydrogens (tertiary/aromatic N) is 3. The van der Waals surface area contributed by atoms with Gasteiger partial charge in [0, 0.05) is 17.6 Å². The van der Waals surface area contributed by atoms with Crippen molar-refractivity contribution in [2.24, 2.45) is 5.92 Å². The third-order valence-corrected chi connectivity index (χ3v) is 5.22. The van der Waals surface area contributed by atoms with E-state index in [9.17, 15) is 9.18 Å². The van der Waals surface area contributed by atoms with Gasteiger partial charge in [-0.1, -0.05) is 15.9 Å². The van der Waals surface area contributed by atoms with E-state index in [0.29, 0.717) is 28.3 Å². The molecule has 1 saturated heterocycles. The summed E-state index contributed by atoms with van der Waals surface area (Å²) in [5, 5.41) is 11.2. The number of carbonyl (C=O) groups excluding carboxylic acids is 1. The first kappa shape index (κ1) is 18.6. The topological polar surface area (TPSA) is 71.3 Å². The third kappa shape index (κ3) is 4.06. The maximum absolute atomic E-state index is 14.0. The Morgan fingerprint density at radius 2 is 2.14 bits per heavy atom. The molecule has 6 nitrogen and oxygen atoms in total. The number of furan rings is 1. The third-order valence-electron chi connectivity index (χ3n) is 4.73. The van der Waals surface area contributed by atoms with Crippen LogP contribution in [0.2, 0.25) is 0 Å². The maximum Gasteiger partial charge on any atom is 0.229 e. The molecule has 28 heavy (non-hydrogen) atoms. The lowest BCUT2D eigenvalue weighted by Gasteiger charge is -2.32. The standard InChI is InChI=1S/C20H18BrFN4O2/c21-14-5-6-16(15(22)11-14)23-20(27)13-3-1-9-26(12-13)19-8-7-17(24-25-19)18-4-2-10-28-18/h2,4-8,10-11,13H,1,3,9,12H2,(H,23,27). The molecule has 1 aliphatic heterocycles. The number of anilines is 2. The fourth-order valence-electron chi connectivity index (χ4n) is 3.27. The fraction of sp³-hybridized carbons (Fsp3) is 0.250. The van der Waals surface area contributed by atoms with Gasteiger partial charge >= 0.3 is 0 Å². The van der Waals surface area contributed by atoms with Crippen LogP contribution in [0.5, 0.6) is 0 Å². The Morgan fingerprint density at radius 1 is 1.25 bits per heavy atom. The van der Waals surface area contributed by atoms with Gasteiger partial charge in [-0.2, -0.15) is 0 Å². The number of aromatic nitrogens is 2. The highest BCUT2D eigenvalue weighted by Gasteiger charge is 2.27. The summed E-state index contributed by atoms with van der Waals surface area (Å²) >= 11 is 3.21. The van der Waals surface area contributed by atoms with Crippen LogP contribution >= 0.6 is 15.9 Å². The summed E-state index contributed by atoms with van der Waals surface area (Å²) < 4.78 is 19.9. The molecule has 1 unspecified atom stereocenters. The van der Waals surface area contributed by atoms with Crippen molar-refractivity contribution in [2.75, 3.05) is 23.3 Å². The normalized spacial score (nSPS) is 16.8. The van der Waals surface area contributed by atoms with Gasteiger partial charge in [-0.05, 0) is 55.3 Å². The lowest BCUT2D eigenvalue weighted by molar-refractivity contribution is -0.120. The molecule has 2 aromatic heterocycles. The lowest BCUT2D eigenvalue weighted by atomic mass is 9.97. The number of nitrogens with one attached hydrogen (secondary N) is 1. The van der Waals surface area contributed by atoms with Gasteiger partial charge < -0.3 is 14.6 Å². The quantitative estimate of drug-likeness (QED) is 0.641. The van der Waals surface area contributed by atoms with E-state index in [1.54, 1.807) is 24.5 Å². The second-order valence-electron chi connectivity index (χ2n) is 6.65. The predicted octanol–water partition coefficient (Wildman–Crippen LogP) is 4.49. The number of carbonyl (C=O) groups is 1. The summed E-state index contributed by atoms with van der Waals surface area (Å²) in [7, 11) is 0. The Bertz CT molecular complexity index is 963. The van der Waals surface area contributed by atoms with Crippen LogP contribution in [0.3, 0.4) is 0 Å². The molecule has 0 bridgehead atoms. The van der Waals surface area contributed by atoms with E-state index in [1.807, 2.05) is 23.1 Å². The molecule has 0 radical (unpaired) electrons. The molecule has 144 valence electrons. The highest BCUT2D eigenvalue weighted by atomic mass is 79.9. The lowest BCUT2D eigenvalue weighted by Crippen LogP contribution is -2.41. The van der Waals surface area contributed by atoms with Crippen LogP contribution in [0.1, 0.15) is 12.8 Å². The van der Waals surface area contributed by atoms with Crippen molar-refractivity contribution in [2.45, 2.75) is 12.8 Å². The Balaban J connectivity index is 1.43. The molecule has 1 aromatic carbocycles. The molecule has 1 amide bonds. The molecule has 1 aliphatic rings.